The average molecular weight is 463 g/mol. The van der Waals surface area contributed by atoms with Crippen molar-refractivity contribution in [3.8, 4) is 22.9 Å². The fourth-order valence-electron chi connectivity index (χ4n) is 3.99. The van der Waals surface area contributed by atoms with Crippen LogP contribution >= 0.6 is 0 Å². The Morgan fingerprint density at radius 1 is 1.06 bits per heavy atom. The van der Waals surface area contributed by atoms with E-state index in [0.29, 0.717) is 11.3 Å². The molecule has 0 aliphatic carbocycles. The number of fused-ring (bicyclic) bond motifs is 1. The summed E-state index contributed by atoms with van der Waals surface area (Å²) in [5.41, 5.74) is 9.52. The molecule has 34 heavy (non-hydrogen) atoms. The van der Waals surface area contributed by atoms with Gasteiger partial charge in [-0.2, -0.15) is 5.26 Å². The molecule has 0 aromatic heterocycles. The number of benzene rings is 2. The molecule has 2 aromatic rings. The lowest BCUT2D eigenvalue weighted by molar-refractivity contribution is -0.146. The van der Waals surface area contributed by atoms with Gasteiger partial charge in [0.25, 0.3) is 0 Å². The third kappa shape index (κ3) is 4.91. The van der Waals surface area contributed by atoms with Crippen LogP contribution in [0.3, 0.4) is 0 Å². The molecule has 0 saturated carbocycles. The summed E-state index contributed by atoms with van der Waals surface area (Å²) >= 11 is 0. The van der Waals surface area contributed by atoms with Crippen molar-refractivity contribution >= 4 is 11.9 Å². The van der Waals surface area contributed by atoms with Crippen LogP contribution in [0.4, 0.5) is 0 Å². The molecular formula is C27H30N2O5. The van der Waals surface area contributed by atoms with Crippen LogP contribution in [-0.2, 0) is 24.5 Å². The summed E-state index contributed by atoms with van der Waals surface area (Å²) in [5, 5.41) is 9.90. The van der Waals surface area contributed by atoms with Crippen molar-refractivity contribution < 1.29 is 23.8 Å². The molecule has 0 bridgehead atoms. The molecule has 2 unspecified atom stereocenters. The molecule has 1 aliphatic heterocycles. The van der Waals surface area contributed by atoms with Gasteiger partial charge in [-0.25, -0.2) is 4.79 Å². The molecule has 1 heterocycles. The number of ether oxygens (including phenoxy) is 3. The molecule has 0 radical (unpaired) electrons. The maximum Gasteiger partial charge on any atom is 0.340 e. The van der Waals surface area contributed by atoms with Gasteiger partial charge in [0.05, 0.1) is 25.2 Å². The predicted molar refractivity (Wildman–Crippen MR) is 128 cm³/mol. The number of esters is 2. The largest absolute Gasteiger partial charge is 0.465 e. The fraction of sp³-hybridized carbons (Fsp3) is 0.370. The summed E-state index contributed by atoms with van der Waals surface area (Å²) in [6, 6.07) is 15.6. The number of carbonyl (C=O) groups is 2. The van der Waals surface area contributed by atoms with E-state index in [9.17, 15) is 14.9 Å². The number of rotatable bonds is 6. The highest BCUT2D eigenvalue weighted by molar-refractivity contribution is 5.94. The maximum absolute atomic E-state index is 12.8. The molecule has 0 fully saturated rings. The van der Waals surface area contributed by atoms with Crippen molar-refractivity contribution in [1.82, 2.24) is 0 Å². The lowest BCUT2D eigenvalue weighted by Crippen LogP contribution is -2.33. The summed E-state index contributed by atoms with van der Waals surface area (Å²) in [6.45, 7) is 9.96. The minimum atomic E-state index is -1.31. The molecular weight excluding hydrogens is 432 g/mol. The van der Waals surface area contributed by atoms with Gasteiger partial charge in [-0.3, -0.25) is 4.79 Å². The van der Waals surface area contributed by atoms with E-state index in [1.807, 2.05) is 30.3 Å². The standard InChI is InChI=1S/C27H30N2O5/c1-6-32-25(30)20(15-28)22-19-14-17(16-8-11-18(12-9-16)27(3,4)5)10-13-21(19)34-24(29)23(22)26(31)33-7-2/h8-14,20,22H,6-7,29H2,1-5H3. The van der Waals surface area contributed by atoms with Crippen LogP contribution in [0.15, 0.2) is 53.9 Å². The van der Waals surface area contributed by atoms with Gasteiger partial charge in [-0.15, -0.1) is 0 Å². The first-order chi connectivity index (χ1) is 16.1. The van der Waals surface area contributed by atoms with E-state index in [-0.39, 0.29) is 30.1 Å². The van der Waals surface area contributed by atoms with Gasteiger partial charge in [0, 0.05) is 5.56 Å². The van der Waals surface area contributed by atoms with E-state index < -0.39 is 23.8 Å². The monoisotopic (exact) mass is 462 g/mol. The molecule has 0 saturated heterocycles. The van der Waals surface area contributed by atoms with Crippen molar-refractivity contribution in [1.29, 1.82) is 5.26 Å². The number of hydrogen-bond donors (Lipinski definition) is 1. The Hall–Kier alpha value is -3.79. The Balaban J connectivity index is 2.15. The van der Waals surface area contributed by atoms with Gasteiger partial charge in [0.15, 0.2) is 5.92 Å². The second-order valence-electron chi connectivity index (χ2n) is 9.02. The first-order valence-electron chi connectivity index (χ1n) is 11.3. The van der Waals surface area contributed by atoms with Crippen molar-refractivity contribution in [2.45, 2.75) is 46.0 Å². The second-order valence-corrected chi connectivity index (χ2v) is 9.02. The van der Waals surface area contributed by atoms with Gasteiger partial charge in [0.2, 0.25) is 5.88 Å². The Morgan fingerprint density at radius 3 is 2.24 bits per heavy atom. The summed E-state index contributed by atoms with van der Waals surface area (Å²) in [6.07, 6.45) is 0. The molecule has 0 spiro atoms. The zero-order valence-electron chi connectivity index (χ0n) is 20.2. The number of nitrogens with zero attached hydrogens (tertiary/aromatic N) is 1. The maximum atomic E-state index is 12.8. The molecule has 0 amide bonds. The SMILES string of the molecule is CCOC(=O)C1=C(N)Oc2ccc(-c3ccc(C(C)(C)C)cc3)cc2C1C(C#N)C(=O)OCC. The van der Waals surface area contributed by atoms with E-state index in [1.165, 1.54) is 5.56 Å². The molecule has 1 aliphatic rings. The van der Waals surface area contributed by atoms with Crippen molar-refractivity contribution in [2.24, 2.45) is 11.7 Å². The highest BCUT2D eigenvalue weighted by atomic mass is 16.5. The lowest BCUT2D eigenvalue weighted by Gasteiger charge is -2.30. The van der Waals surface area contributed by atoms with Crippen LogP contribution in [0, 0.1) is 17.2 Å². The average Bonchev–Trinajstić information content (AvgIpc) is 2.79. The number of carbonyl (C=O) groups excluding carboxylic acids is 2. The summed E-state index contributed by atoms with van der Waals surface area (Å²) in [5.74, 6) is -3.60. The molecule has 2 N–H and O–H groups in total. The minimum absolute atomic E-state index is 0.0177. The van der Waals surface area contributed by atoms with Gasteiger partial charge < -0.3 is 19.9 Å². The Bertz CT molecular complexity index is 1150. The van der Waals surface area contributed by atoms with Crippen molar-refractivity contribution in [3.63, 3.8) is 0 Å². The molecule has 3 rings (SSSR count). The number of hydrogen-bond acceptors (Lipinski definition) is 7. The third-order valence-electron chi connectivity index (χ3n) is 5.73. The summed E-state index contributed by atoms with van der Waals surface area (Å²) < 4.78 is 16.0. The van der Waals surface area contributed by atoms with Gasteiger partial charge in [0.1, 0.15) is 11.3 Å². The third-order valence-corrected chi connectivity index (χ3v) is 5.73. The quantitative estimate of drug-likeness (QED) is 0.626. The van der Waals surface area contributed by atoms with E-state index in [1.54, 1.807) is 19.9 Å². The van der Waals surface area contributed by atoms with Crippen LogP contribution in [0.25, 0.3) is 11.1 Å². The molecule has 178 valence electrons. The minimum Gasteiger partial charge on any atom is -0.465 e. The highest BCUT2D eigenvalue weighted by Gasteiger charge is 2.43. The normalized spacial score (nSPS) is 16.1. The first kappa shape index (κ1) is 24.8. The number of nitrogens with two attached hydrogens (primary N) is 1. The fourth-order valence-corrected chi connectivity index (χ4v) is 3.99. The molecule has 7 heteroatoms. The zero-order valence-corrected chi connectivity index (χ0v) is 20.2. The zero-order chi connectivity index (χ0) is 25.0. The van der Waals surface area contributed by atoms with Crippen LogP contribution in [0.5, 0.6) is 5.75 Å². The highest BCUT2D eigenvalue weighted by Crippen LogP contribution is 2.45. The van der Waals surface area contributed by atoms with Crippen molar-refractivity contribution in [3.05, 3.63) is 65.0 Å². The van der Waals surface area contributed by atoms with Gasteiger partial charge in [-0.1, -0.05) is 51.1 Å². The van der Waals surface area contributed by atoms with Crippen LogP contribution in [0.1, 0.15) is 51.7 Å². The topological polar surface area (TPSA) is 112 Å². The van der Waals surface area contributed by atoms with Gasteiger partial charge >= 0.3 is 11.9 Å². The summed E-state index contributed by atoms with van der Waals surface area (Å²) in [7, 11) is 0. The number of nitriles is 1. The van der Waals surface area contributed by atoms with Crippen LogP contribution in [-0.4, -0.2) is 25.2 Å². The first-order valence-corrected chi connectivity index (χ1v) is 11.3. The van der Waals surface area contributed by atoms with E-state index >= 15 is 0 Å². The predicted octanol–water partition coefficient (Wildman–Crippen LogP) is 4.56. The van der Waals surface area contributed by atoms with Crippen molar-refractivity contribution in [2.75, 3.05) is 13.2 Å². The van der Waals surface area contributed by atoms with E-state index in [0.717, 1.165) is 11.1 Å². The van der Waals surface area contributed by atoms with E-state index in [4.69, 9.17) is 19.9 Å². The van der Waals surface area contributed by atoms with E-state index in [2.05, 4.69) is 32.9 Å². The molecule has 2 atom stereocenters. The van der Waals surface area contributed by atoms with Crippen LogP contribution < -0.4 is 10.5 Å². The second kappa shape index (κ2) is 10.0. The Kier molecular flexibility index (Phi) is 7.31. The smallest absolute Gasteiger partial charge is 0.340 e. The lowest BCUT2D eigenvalue weighted by atomic mass is 9.78. The Morgan fingerprint density at radius 2 is 1.68 bits per heavy atom. The Labute approximate surface area is 200 Å². The summed E-state index contributed by atoms with van der Waals surface area (Å²) in [4.78, 5) is 25.5. The van der Waals surface area contributed by atoms with Crippen LogP contribution in [0.2, 0.25) is 0 Å². The molecule has 7 nitrogen and oxygen atoms in total. The molecule has 2 aromatic carbocycles. The van der Waals surface area contributed by atoms with Gasteiger partial charge in [-0.05, 0) is 48.1 Å².